The highest BCUT2D eigenvalue weighted by molar-refractivity contribution is 6.03. The second-order valence-corrected chi connectivity index (χ2v) is 7.74. The molecule has 1 aromatic heterocycles. The van der Waals surface area contributed by atoms with Gasteiger partial charge in [-0.2, -0.15) is 0 Å². The number of rotatable bonds is 5. The van der Waals surface area contributed by atoms with Crippen molar-refractivity contribution in [2.24, 2.45) is 5.92 Å². The normalized spacial score (nSPS) is 13.5. The number of amides is 1. The van der Waals surface area contributed by atoms with Crippen molar-refractivity contribution in [3.63, 3.8) is 0 Å². The fraction of sp³-hybridized carbons (Fsp3) is 0.304. The van der Waals surface area contributed by atoms with Crippen molar-refractivity contribution in [1.82, 2.24) is 9.55 Å². The SMILES string of the molecule is CC(C)Cn1ccnc1NC(=O)c1ccc(N2CCc3ccccc3C2)cc1. The molecule has 0 fully saturated rings. The minimum Gasteiger partial charge on any atom is -0.367 e. The summed E-state index contributed by atoms with van der Waals surface area (Å²) < 4.78 is 1.97. The van der Waals surface area contributed by atoms with E-state index in [0.717, 1.165) is 31.7 Å². The van der Waals surface area contributed by atoms with E-state index in [4.69, 9.17) is 0 Å². The van der Waals surface area contributed by atoms with Gasteiger partial charge in [0, 0.05) is 43.3 Å². The number of fused-ring (bicyclic) bond motifs is 1. The van der Waals surface area contributed by atoms with Crippen molar-refractivity contribution in [3.8, 4) is 0 Å². The van der Waals surface area contributed by atoms with E-state index in [1.165, 1.54) is 11.1 Å². The highest BCUT2D eigenvalue weighted by atomic mass is 16.1. The van der Waals surface area contributed by atoms with Gasteiger partial charge < -0.3 is 9.47 Å². The van der Waals surface area contributed by atoms with Gasteiger partial charge in [-0.15, -0.1) is 0 Å². The average Bonchev–Trinajstić information content (AvgIpc) is 3.13. The van der Waals surface area contributed by atoms with Gasteiger partial charge in [0.05, 0.1) is 0 Å². The van der Waals surface area contributed by atoms with E-state index in [0.29, 0.717) is 17.4 Å². The predicted octanol–water partition coefficient (Wildman–Crippen LogP) is 4.35. The second kappa shape index (κ2) is 7.89. The molecule has 28 heavy (non-hydrogen) atoms. The van der Waals surface area contributed by atoms with Gasteiger partial charge in [0.1, 0.15) is 0 Å². The molecule has 0 saturated carbocycles. The van der Waals surface area contributed by atoms with Crippen molar-refractivity contribution < 1.29 is 4.79 Å². The van der Waals surface area contributed by atoms with E-state index in [9.17, 15) is 4.79 Å². The number of anilines is 2. The standard InChI is InChI=1S/C23H26N4O/c1-17(2)15-27-14-12-24-23(27)25-22(28)19-7-9-21(10-8-19)26-13-11-18-5-3-4-6-20(18)16-26/h3-10,12,14,17H,11,13,15-16H2,1-2H3,(H,24,25,28). The first-order valence-corrected chi connectivity index (χ1v) is 9.84. The van der Waals surface area contributed by atoms with E-state index < -0.39 is 0 Å². The van der Waals surface area contributed by atoms with Crippen molar-refractivity contribution >= 4 is 17.5 Å². The summed E-state index contributed by atoms with van der Waals surface area (Å²) in [7, 11) is 0. The quantitative estimate of drug-likeness (QED) is 0.722. The maximum Gasteiger partial charge on any atom is 0.257 e. The third-order valence-electron chi connectivity index (χ3n) is 5.13. The Morgan fingerprint density at radius 2 is 1.86 bits per heavy atom. The predicted molar refractivity (Wildman–Crippen MR) is 113 cm³/mol. The van der Waals surface area contributed by atoms with Crippen LogP contribution in [0.25, 0.3) is 0 Å². The molecule has 1 aliphatic heterocycles. The van der Waals surface area contributed by atoms with Crippen molar-refractivity contribution in [3.05, 3.63) is 77.6 Å². The summed E-state index contributed by atoms with van der Waals surface area (Å²) in [5.41, 5.74) is 4.60. The molecule has 5 nitrogen and oxygen atoms in total. The fourth-order valence-corrected chi connectivity index (χ4v) is 3.69. The molecule has 5 heteroatoms. The molecule has 144 valence electrons. The molecule has 0 radical (unpaired) electrons. The summed E-state index contributed by atoms with van der Waals surface area (Å²) in [5, 5.41) is 2.92. The topological polar surface area (TPSA) is 50.2 Å². The Kier molecular flexibility index (Phi) is 5.15. The zero-order valence-electron chi connectivity index (χ0n) is 16.4. The Hall–Kier alpha value is -3.08. The minimum absolute atomic E-state index is 0.133. The van der Waals surface area contributed by atoms with Crippen LogP contribution in [0.2, 0.25) is 0 Å². The van der Waals surface area contributed by atoms with E-state index in [-0.39, 0.29) is 5.91 Å². The summed E-state index contributed by atoms with van der Waals surface area (Å²) in [6, 6.07) is 16.5. The molecule has 0 unspecified atom stereocenters. The summed E-state index contributed by atoms with van der Waals surface area (Å²) >= 11 is 0. The average molecular weight is 374 g/mol. The molecule has 2 aromatic carbocycles. The van der Waals surface area contributed by atoms with Gasteiger partial charge in [-0.1, -0.05) is 38.1 Å². The Morgan fingerprint density at radius 1 is 1.11 bits per heavy atom. The Bertz CT molecular complexity index is 959. The van der Waals surface area contributed by atoms with Crippen LogP contribution in [0.1, 0.15) is 35.3 Å². The summed E-state index contributed by atoms with van der Waals surface area (Å²) in [6.45, 7) is 7.02. The number of aromatic nitrogens is 2. The van der Waals surface area contributed by atoms with Crippen LogP contribution >= 0.6 is 0 Å². The van der Waals surface area contributed by atoms with Crippen molar-refractivity contribution in [2.75, 3.05) is 16.8 Å². The minimum atomic E-state index is -0.133. The molecule has 0 spiro atoms. The second-order valence-electron chi connectivity index (χ2n) is 7.74. The zero-order valence-corrected chi connectivity index (χ0v) is 16.4. The molecular formula is C23H26N4O. The molecule has 2 heterocycles. The lowest BCUT2D eigenvalue weighted by molar-refractivity contribution is 0.102. The largest absolute Gasteiger partial charge is 0.367 e. The number of carbonyl (C=O) groups excluding carboxylic acids is 1. The molecule has 0 bridgehead atoms. The lowest BCUT2D eigenvalue weighted by Gasteiger charge is -2.30. The Labute approximate surface area is 166 Å². The van der Waals surface area contributed by atoms with Crippen LogP contribution in [0.3, 0.4) is 0 Å². The first-order valence-electron chi connectivity index (χ1n) is 9.84. The van der Waals surface area contributed by atoms with Crippen LogP contribution in [0.15, 0.2) is 60.9 Å². The van der Waals surface area contributed by atoms with Crippen LogP contribution < -0.4 is 10.2 Å². The van der Waals surface area contributed by atoms with Crippen molar-refractivity contribution in [1.29, 1.82) is 0 Å². The van der Waals surface area contributed by atoms with Crippen LogP contribution in [0.5, 0.6) is 0 Å². The fourth-order valence-electron chi connectivity index (χ4n) is 3.69. The van der Waals surface area contributed by atoms with Gasteiger partial charge >= 0.3 is 0 Å². The Balaban J connectivity index is 1.44. The number of nitrogens with zero attached hydrogens (tertiary/aromatic N) is 3. The van der Waals surface area contributed by atoms with E-state index in [1.54, 1.807) is 6.20 Å². The molecule has 1 aliphatic rings. The smallest absolute Gasteiger partial charge is 0.257 e. The number of benzene rings is 2. The molecule has 0 aliphatic carbocycles. The number of hydrogen-bond acceptors (Lipinski definition) is 3. The third kappa shape index (κ3) is 3.93. The molecule has 0 saturated heterocycles. The monoisotopic (exact) mass is 374 g/mol. The highest BCUT2D eigenvalue weighted by Gasteiger charge is 2.17. The zero-order chi connectivity index (χ0) is 19.5. The van der Waals surface area contributed by atoms with E-state index in [2.05, 4.69) is 53.3 Å². The molecule has 0 atom stereocenters. The summed E-state index contributed by atoms with van der Waals surface area (Å²) in [5.74, 6) is 0.945. The van der Waals surface area contributed by atoms with Crippen LogP contribution in [-0.2, 0) is 19.5 Å². The first-order chi connectivity index (χ1) is 13.6. The van der Waals surface area contributed by atoms with Gasteiger partial charge in [-0.3, -0.25) is 10.1 Å². The van der Waals surface area contributed by atoms with E-state index >= 15 is 0 Å². The van der Waals surface area contributed by atoms with Gasteiger partial charge in [0.15, 0.2) is 0 Å². The number of hydrogen-bond donors (Lipinski definition) is 1. The number of carbonyl (C=O) groups is 1. The maximum absolute atomic E-state index is 12.6. The first kappa shape index (κ1) is 18.3. The molecule has 4 rings (SSSR count). The van der Waals surface area contributed by atoms with Gasteiger partial charge in [0.2, 0.25) is 5.95 Å². The van der Waals surface area contributed by atoms with Crippen molar-refractivity contribution in [2.45, 2.75) is 33.4 Å². The number of nitrogens with one attached hydrogen (secondary N) is 1. The molecular weight excluding hydrogens is 348 g/mol. The Morgan fingerprint density at radius 3 is 2.61 bits per heavy atom. The van der Waals surface area contributed by atoms with Gasteiger partial charge in [-0.05, 0) is 47.7 Å². The van der Waals surface area contributed by atoms with E-state index in [1.807, 2.05) is 35.0 Å². The lowest BCUT2D eigenvalue weighted by atomic mass is 9.99. The van der Waals surface area contributed by atoms with Gasteiger partial charge in [0.25, 0.3) is 5.91 Å². The van der Waals surface area contributed by atoms with Gasteiger partial charge in [-0.25, -0.2) is 4.98 Å². The molecule has 1 N–H and O–H groups in total. The van der Waals surface area contributed by atoms with Crippen LogP contribution in [0.4, 0.5) is 11.6 Å². The lowest BCUT2D eigenvalue weighted by Crippen LogP contribution is -2.30. The summed E-state index contributed by atoms with van der Waals surface area (Å²) in [4.78, 5) is 19.3. The highest BCUT2D eigenvalue weighted by Crippen LogP contribution is 2.24. The number of imidazole rings is 1. The maximum atomic E-state index is 12.6. The van der Waals surface area contributed by atoms with Crippen LogP contribution in [-0.4, -0.2) is 22.0 Å². The molecule has 3 aromatic rings. The van der Waals surface area contributed by atoms with Crippen LogP contribution in [0, 0.1) is 5.92 Å². The third-order valence-corrected chi connectivity index (χ3v) is 5.13. The molecule has 1 amide bonds. The summed E-state index contributed by atoms with van der Waals surface area (Å²) in [6.07, 6.45) is 4.67.